The van der Waals surface area contributed by atoms with Gasteiger partial charge in [-0.2, -0.15) is 0 Å². The molecule has 2 rings (SSSR count). The Kier molecular flexibility index (Phi) is 11.3. The van der Waals surface area contributed by atoms with E-state index in [1.165, 1.54) is 12.2 Å². The number of carbonyl (C=O) groups is 2. The quantitative estimate of drug-likeness (QED) is 0.270. The van der Waals surface area contributed by atoms with Gasteiger partial charge in [-0.15, -0.1) is 0 Å². The molecule has 0 saturated carbocycles. The van der Waals surface area contributed by atoms with E-state index in [-0.39, 0.29) is 18.1 Å². The fourth-order valence-corrected chi connectivity index (χ4v) is 4.53. The zero-order valence-electron chi connectivity index (χ0n) is 22.1. The molecule has 0 aliphatic carbocycles. The molecule has 0 radical (unpaired) electrons. The van der Waals surface area contributed by atoms with Gasteiger partial charge in [0.05, 0.1) is 18.3 Å². The Morgan fingerprint density at radius 2 is 1.61 bits per heavy atom. The van der Waals surface area contributed by atoms with Crippen LogP contribution in [-0.2, 0) is 19.1 Å². The highest BCUT2D eigenvalue weighted by Crippen LogP contribution is 2.43. The number of rotatable bonds is 10. The highest BCUT2D eigenvalue weighted by molar-refractivity contribution is 5.81. The van der Waals surface area contributed by atoms with Crippen molar-refractivity contribution in [1.29, 1.82) is 0 Å². The Morgan fingerprint density at radius 1 is 0.944 bits per heavy atom. The minimum Gasteiger partial charge on any atom is -0.478 e. The van der Waals surface area contributed by atoms with Crippen LogP contribution in [0, 0.1) is 17.8 Å². The van der Waals surface area contributed by atoms with Gasteiger partial charge in [0.25, 0.3) is 0 Å². The van der Waals surface area contributed by atoms with Gasteiger partial charge in [-0.25, -0.2) is 9.59 Å². The summed E-state index contributed by atoms with van der Waals surface area (Å²) in [6.45, 7) is 9.84. The molecule has 2 fully saturated rings. The van der Waals surface area contributed by atoms with Crippen LogP contribution in [0.4, 0.5) is 0 Å². The second kappa shape index (κ2) is 13.7. The van der Waals surface area contributed by atoms with Crippen LogP contribution in [0.15, 0.2) is 59.8 Å². The molecular weight excluding hydrogens is 460 g/mol. The van der Waals surface area contributed by atoms with E-state index in [1.807, 2.05) is 25.2 Å². The summed E-state index contributed by atoms with van der Waals surface area (Å²) in [5, 5.41) is 27.9. The van der Waals surface area contributed by atoms with Crippen molar-refractivity contribution in [3.8, 4) is 0 Å². The number of ether oxygens (including phenoxy) is 2. The maximum absolute atomic E-state index is 10.9. The molecule has 3 N–H and O–H groups in total. The Morgan fingerprint density at radius 3 is 2.25 bits per heavy atom. The smallest absolute Gasteiger partial charge is 0.328 e. The highest BCUT2D eigenvalue weighted by atomic mass is 16.7. The van der Waals surface area contributed by atoms with Crippen molar-refractivity contribution >= 4 is 11.9 Å². The molecule has 36 heavy (non-hydrogen) atoms. The van der Waals surface area contributed by atoms with Gasteiger partial charge in [0.1, 0.15) is 0 Å². The number of hydrogen-bond acceptors (Lipinski definition) is 5. The fourth-order valence-electron chi connectivity index (χ4n) is 4.53. The molecular formula is C29H42O7. The molecule has 2 saturated heterocycles. The first kappa shape index (κ1) is 29.7. The van der Waals surface area contributed by atoms with Gasteiger partial charge < -0.3 is 24.8 Å². The van der Waals surface area contributed by atoms with E-state index in [2.05, 4.69) is 19.9 Å². The van der Waals surface area contributed by atoms with Crippen molar-refractivity contribution in [2.45, 2.75) is 90.8 Å². The molecule has 200 valence electrons. The molecule has 7 atom stereocenters. The topological polar surface area (TPSA) is 113 Å². The normalized spacial score (nSPS) is 31.9. The first-order valence-corrected chi connectivity index (χ1v) is 12.8. The van der Waals surface area contributed by atoms with Crippen LogP contribution in [0.25, 0.3) is 0 Å². The molecule has 2 aliphatic heterocycles. The zero-order valence-corrected chi connectivity index (χ0v) is 22.1. The number of allylic oxidation sites excluding steroid dienone is 4. The van der Waals surface area contributed by atoms with Crippen LogP contribution in [0.3, 0.4) is 0 Å². The van der Waals surface area contributed by atoms with Crippen LogP contribution < -0.4 is 0 Å². The molecule has 2 heterocycles. The average Bonchev–Trinajstić information content (AvgIpc) is 2.81. The summed E-state index contributed by atoms with van der Waals surface area (Å²) in [5.41, 5.74) is 1.67. The van der Waals surface area contributed by atoms with Gasteiger partial charge >= 0.3 is 11.9 Å². The molecule has 0 aromatic heterocycles. The maximum atomic E-state index is 10.9. The van der Waals surface area contributed by atoms with E-state index >= 15 is 0 Å². The van der Waals surface area contributed by atoms with E-state index in [0.717, 1.165) is 43.8 Å². The van der Waals surface area contributed by atoms with Crippen LogP contribution in [0.2, 0.25) is 0 Å². The van der Waals surface area contributed by atoms with Crippen molar-refractivity contribution in [1.82, 2.24) is 0 Å². The molecule has 7 nitrogen and oxygen atoms in total. The highest BCUT2D eigenvalue weighted by Gasteiger charge is 2.45. The standard InChI is InChI=1S/C29H42O7/c1-19(6-10-24(30)21(3)9-13-27(31)32)7-11-25-22(4)14-16-29(35-25)17-15-23(5)26(36-29)12-8-20(2)18-28(33)34/h6-10,12-13,18,21-26,30H,11,14-17H2,1-5H3,(H,31,32)(H,33,34)/b10-6+,12-8+,13-9+,19-7+,20-18+/t21?,22-,23+,24?,25+,26+,29-/m0/s1. The second-order valence-corrected chi connectivity index (χ2v) is 10.4. The minimum absolute atomic E-state index is 0.0103. The Balaban J connectivity index is 2.01. The lowest BCUT2D eigenvalue weighted by atomic mass is 9.83. The molecule has 2 unspecified atom stereocenters. The van der Waals surface area contributed by atoms with Crippen molar-refractivity contribution in [3.05, 3.63) is 59.8 Å². The SMILES string of the molecule is CC(/C=C/C(O)C(C)/C=C/C(=O)O)=C\C[C@H]1O[C@@]2(CC[C@@H](C)[C@@H](/C=C/C(C)=C/C(=O)O)O2)CC[C@@H]1C. The molecule has 2 aliphatic rings. The van der Waals surface area contributed by atoms with Gasteiger partial charge in [0, 0.05) is 30.9 Å². The van der Waals surface area contributed by atoms with Gasteiger partial charge in [0.2, 0.25) is 0 Å². The van der Waals surface area contributed by atoms with Gasteiger partial charge in [-0.05, 0) is 50.5 Å². The summed E-state index contributed by atoms with van der Waals surface area (Å²) >= 11 is 0. The molecule has 0 aromatic rings. The lowest BCUT2D eigenvalue weighted by molar-refractivity contribution is -0.323. The molecule has 0 aromatic carbocycles. The largest absolute Gasteiger partial charge is 0.478 e. The van der Waals surface area contributed by atoms with Crippen molar-refractivity contribution in [3.63, 3.8) is 0 Å². The summed E-state index contributed by atoms with van der Waals surface area (Å²) < 4.78 is 13.1. The zero-order chi connectivity index (χ0) is 26.9. The van der Waals surface area contributed by atoms with Crippen LogP contribution in [0.1, 0.15) is 66.7 Å². The van der Waals surface area contributed by atoms with Crippen LogP contribution >= 0.6 is 0 Å². The van der Waals surface area contributed by atoms with Crippen molar-refractivity contribution < 1.29 is 34.4 Å². The number of hydrogen-bond donors (Lipinski definition) is 3. The van der Waals surface area contributed by atoms with Gasteiger partial charge in [0.15, 0.2) is 5.79 Å². The summed E-state index contributed by atoms with van der Waals surface area (Å²) in [7, 11) is 0. The number of aliphatic hydroxyl groups excluding tert-OH is 1. The molecule has 0 amide bonds. The molecule has 1 spiro atoms. The third-order valence-corrected chi connectivity index (χ3v) is 7.08. The van der Waals surface area contributed by atoms with Crippen LogP contribution in [0.5, 0.6) is 0 Å². The van der Waals surface area contributed by atoms with E-state index in [9.17, 15) is 14.7 Å². The predicted octanol–water partition coefficient (Wildman–Crippen LogP) is 5.43. The van der Waals surface area contributed by atoms with Gasteiger partial charge in [-0.3, -0.25) is 0 Å². The third kappa shape index (κ3) is 9.52. The maximum Gasteiger partial charge on any atom is 0.328 e. The van der Waals surface area contributed by atoms with Crippen LogP contribution in [-0.4, -0.2) is 51.4 Å². The summed E-state index contributed by atoms with van der Waals surface area (Å²) in [6.07, 6.45) is 16.6. The molecule has 0 bridgehead atoms. The lowest BCUT2D eigenvalue weighted by Crippen LogP contribution is -2.51. The fraction of sp³-hybridized carbons (Fsp3) is 0.586. The lowest BCUT2D eigenvalue weighted by Gasteiger charge is -2.49. The Labute approximate surface area is 214 Å². The summed E-state index contributed by atoms with van der Waals surface area (Å²) in [5.74, 6) is -2.22. The number of carboxylic acid groups (broad SMARTS) is 2. The van der Waals surface area contributed by atoms with E-state index in [1.54, 1.807) is 19.9 Å². The minimum atomic E-state index is -1.03. The van der Waals surface area contributed by atoms with Crippen molar-refractivity contribution in [2.24, 2.45) is 17.8 Å². The second-order valence-electron chi connectivity index (χ2n) is 10.4. The Bertz CT molecular complexity index is 909. The van der Waals surface area contributed by atoms with Crippen molar-refractivity contribution in [2.75, 3.05) is 0 Å². The monoisotopic (exact) mass is 502 g/mol. The first-order chi connectivity index (χ1) is 16.9. The summed E-state index contributed by atoms with van der Waals surface area (Å²) in [4.78, 5) is 21.5. The van der Waals surface area contributed by atoms with Gasteiger partial charge in [-0.1, -0.05) is 62.8 Å². The van der Waals surface area contributed by atoms with E-state index in [0.29, 0.717) is 17.4 Å². The number of carboxylic acids is 2. The average molecular weight is 503 g/mol. The Hall–Kier alpha value is -2.48. The number of aliphatic hydroxyl groups is 1. The predicted molar refractivity (Wildman–Crippen MR) is 139 cm³/mol. The van der Waals surface area contributed by atoms with E-state index in [4.69, 9.17) is 19.7 Å². The molecule has 7 heteroatoms. The first-order valence-electron chi connectivity index (χ1n) is 12.8. The number of aliphatic carboxylic acids is 2. The van der Waals surface area contributed by atoms with E-state index < -0.39 is 23.8 Å². The summed E-state index contributed by atoms with van der Waals surface area (Å²) in [6, 6.07) is 0. The third-order valence-electron chi connectivity index (χ3n) is 7.08.